The Bertz CT molecular complexity index is 556. The molecule has 2 rings (SSSR count). The number of rotatable bonds is 4. The quantitative estimate of drug-likeness (QED) is 0.734. The molecule has 4 N–H and O–H groups in total. The molecular formula is C14H22N2O3S. The van der Waals surface area contributed by atoms with Gasteiger partial charge in [-0.3, -0.25) is 0 Å². The van der Waals surface area contributed by atoms with Crippen LogP contribution in [0.4, 0.5) is 5.69 Å². The fraction of sp³-hybridized carbons (Fsp3) is 0.571. The molecule has 112 valence electrons. The van der Waals surface area contributed by atoms with Gasteiger partial charge < -0.3 is 10.8 Å². The molecule has 5 nitrogen and oxygen atoms in total. The predicted octanol–water partition coefficient (Wildman–Crippen LogP) is 1.49. The summed E-state index contributed by atoms with van der Waals surface area (Å²) in [5.74, 6) is 0.407. The minimum absolute atomic E-state index is 0.175. The maximum absolute atomic E-state index is 12.4. The second kappa shape index (κ2) is 5.71. The highest BCUT2D eigenvalue weighted by atomic mass is 32.2. The number of aliphatic hydroxyl groups excluding tert-OH is 1. The van der Waals surface area contributed by atoms with E-state index >= 15 is 0 Å². The molecule has 0 aromatic heterocycles. The fourth-order valence-corrected chi connectivity index (χ4v) is 4.35. The van der Waals surface area contributed by atoms with E-state index in [9.17, 15) is 13.5 Å². The van der Waals surface area contributed by atoms with Crippen molar-refractivity contribution < 1.29 is 13.5 Å². The van der Waals surface area contributed by atoms with Gasteiger partial charge in [0.15, 0.2) is 0 Å². The summed E-state index contributed by atoms with van der Waals surface area (Å²) in [6.07, 6.45) is 3.33. The molecule has 0 bridgehead atoms. The van der Waals surface area contributed by atoms with E-state index in [2.05, 4.69) is 11.6 Å². The van der Waals surface area contributed by atoms with Crippen LogP contribution in [-0.2, 0) is 10.0 Å². The first kappa shape index (κ1) is 15.3. The van der Waals surface area contributed by atoms with E-state index in [1.165, 1.54) is 12.1 Å². The predicted molar refractivity (Wildman–Crippen MR) is 78.6 cm³/mol. The lowest BCUT2D eigenvalue weighted by molar-refractivity contribution is 0.120. The van der Waals surface area contributed by atoms with Gasteiger partial charge in [0, 0.05) is 5.69 Å². The minimum Gasteiger partial charge on any atom is -0.399 e. The summed E-state index contributed by atoms with van der Waals surface area (Å²) in [5.41, 5.74) is 5.35. The van der Waals surface area contributed by atoms with Crippen molar-refractivity contribution in [2.45, 2.75) is 43.0 Å². The molecule has 1 aromatic carbocycles. The summed E-state index contributed by atoms with van der Waals surface area (Å²) >= 11 is 0. The van der Waals surface area contributed by atoms with E-state index in [4.69, 9.17) is 5.73 Å². The van der Waals surface area contributed by atoms with E-state index in [0.29, 0.717) is 24.4 Å². The van der Waals surface area contributed by atoms with Gasteiger partial charge in [0.25, 0.3) is 0 Å². The topological polar surface area (TPSA) is 92.4 Å². The first-order chi connectivity index (χ1) is 9.37. The highest BCUT2D eigenvalue weighted by molar-refractivity contribution is 7.89. The van der Waals surface area contributed by atoms with Crippen LogP contribution >= 0.6 is 0 Å². The lowest BCUT2D eigenvalue weighted by atomic mass is 9.78. The van der Waals surface area contributed by atoms with Crippen LogP contribution in [0.25, 0.3) is 0 Å². The Morgan fingerprint density at radius 3 is 2.60 bits per heavy atom. The summed E-state index contributed by atoms with van der Waals surface area (Å²) in [7, 11) is -3.64. The van der Waals surface area contributed by atoms with Crippen LogP contribution in [0.15, 0.2) is 29.2 Å². The number of hydrogen-bond acceptors (Lipinski definition) is 4. The van der Waals surface area contributed by atoms with Crippen molar-refractivity contribution in [1.82, 2.24) is 4.72 Å². The molecule has 0 aliphatic heterocycles. The van der Waals surface area contributed by atoms with Crippen LogP contribution in [0.5, 0.6) is 0 Å². The Balaban J connectivity index is 2.23. The van der Waals surface area contributed by atoms with E-state index in [1.54, 1.807) is 12.1 Å². The van der Waals surface area contributed by atoms with Gasteiger partial charge in [-0.15, -0.1) is 0 Å². The molecule has 0 spiro atoms. The number of sulfonamides is 1. The third-order valence-corrected chi connectivity index (χ3v) is 5.53. The number of nitrogens with one attached hydrogen (secondary N) is 1. The third kappa shape index (κ3) is 3.31. The Hall–Kier alpha value is -1.11. The van der Waals surface area contributed by atoms with Crippen LogP contribution in [0.1, 0.15) is 32.6 Å². The van der Waals surface area contributed by atoms with Gasteiger partial charge in [0.05, 0.1) is 17.0 Å². The number of benzene rings is 1. The van der Waals surface area contributed by atoms with E-state index < -0.39 is 15.6 Å². The molecule has 6 heteroatoms. The maximum Gasteiger partial charge on any atom is 0.241 e. The largest absolute Gasteiger partial charge is 0.399 e. The molecular weight excluding hydrogens is 276 g/mol. The number of aliphatic hydroxyl groups is 1. The van der Waals surface area contributed by atoms with Crippen molar-refractivity contribution in [3.05, 3.63) is 24.3 Å². The Kier molecular flexibility index (Phi) is 4.36. The summed E-state index contributed by atoms with van der Waals surface area (Å²) < 4.78 is 27.5. The van der Waals surface area contributed by atoms with Crippen LogP contribution in [0, 0.1) is 5.92 Å². The number of nitrogen functional groups attached to an aromatic ring is 1. The fourth-order valence-electron chi connectivity index (χ4n) is 2.92. The molecule has 1 aliphatic carbocycles. The number of nitrogens with two attached hydrogens (primary N) is 1. The van der Waals surface area contributed by atoms with E-state index in [1.807, 2.05) is 0 Å². The number of hydrogen-bond donors (Lipinski definition) is 3. The van der Waals surface area contributed by atoms with E-state index in [0.717, 1.165) is 12.8 Å². The second-order valence-corrected chi connectivity index (χ2v) is 7.50. The Labute approximate surface area is 120 Å². The zero-order valence-corrected chi connectivity index (χ0v) is 12.5. The smallest absolute Gasteiger partial charge is 0.241 e. The van der Waals surface area contributed by atoms with Gasteiger partial charge in [-0.05, 0) is 43.0 Å². The first-order valence-corrected chi connectivity index (χ1v) is 8.36. The molecule has 1 saturated carbocycles. The maximum atomic E-state index is 12.4. The van der Waals surface area contributed by atoms with Crippen molar-refractivity contribution in [1.29, 1.82) is 0 Å². The van der Waals surface area contributed by atoms with Gasteiger partial charge in [-0.2, -0.15) is 0 Å². The monoisotopic (exact) mass is 298 g/mol. The average molecular weight is 298 g/mol. The molecule has 1 aliphatic rings. The zero-order chi connectivity index (χ0) is 14.8. The summed E-state index contributed by atoms with van der Waals surface area (Å²) in [6.45, 7) is 1.91. The molecule has 0 radical (unpaired) electrons. The average Bonchev–Trinajstić information content (AvgIpc) is 2.38. The second-order valence-electron chi connectivity index (χ2n) is 5.81. The molecule has 2 atom stereocenters. The summed E-state index contributed by atoms with van der Waals surface area (Å²) in [5, 5.41) is 9.67. The molecule has 0 saturated heterocycles. The van der Waals surface area contributed by atoms with Gasteiger partial charge in [0.2, 0.25) is 10.0 Å². The van der Waals surface area contributed by atoms with Crippen molar-refractivity contribution in [3.8, 4) is 0 Å². The van der Waals surface area contributed by atoms with Gasteiger partial charge >= 0.3 is 0 Å². The summed E-state index contributed by atoms with van der Waals surface area (Å²) in [6, 6.07) is 6.08. The molecule has 20 heavy (non-hydrogen) atoms. The normalized spacial score (nSPS) is 27.4. The highest BCUT2D eigenvalue weighted by Crippen LogP contribution is 2.33. The molecule has 2 unspecified atom stereocenters. The third-order valence-electron chi connectivity index (χ3n) is 3.94. The highest BCUT2D eigenvalue weighted by Gasteiger charge is 2.38. The SMILES string of the molecule is CC1CCCC(CO)(NS(=O)(=O)c2ccc(N)cc2)C1. The lowest BCUT2D eigenvalue weighted by Gasteiger charge is -2.39. The van der Waals surface area contributed by atoms with Crippen LogP contribution in [0.2, 0.25) is 0 Å². The standard InChI is InChI=1S/C14H22N2O3S/c1-11-3-2-8-14(9-11,10-17)16-20(18,19)13-6-4-12(15)5-7-13/h4-7,11,16-17H,2-3,8-10,15H2,1H3. The molecule has 1 aromatic rings. The Morgan fingerprint density at radius 1 is 1.40 bits per heavy atom. The number of anilines is 1. The molecule has 0 amide bonds. The van der Waals surface area contributed by atoms with Crippen molar-refractivity contribution in [3.63, 3.8) is 0 Å². The van der Waals surface area contributed by atoms with Crippen LogP contribution in [0.3, 0.4) is 0 Å². The summed E-state index contributed by atoms with van der Waals surface area (Å²) in [4.78, 5) is 0.178. The van der Waals surface area contributed by atoms with Gasteiger partial charge in [-0.1, -0.05) is 19.8 Å². The van der Waals surface area contributed by atoms with Crippen LogP contribution in [-0.4, -0.2) is 25.7 Å². The van der Waals surface area contributed by atoms with Gasteiger partial charge in [0.1, 0.15) is 0 Å². The van der Waals surface area contributed by atoms with Crippen molar-refractivity contribution >= 4 is 15.7 Å². The van der Waals surface area contributed by atoms with Gasteiger partial charge in [-0.25, -0.2) is 13.1 Å². The van der Waals surface area contributed by atoms with E-state index in [-0.39, 0.29) is 11.5 Å². The lowest BCUT2D eigenvalue weighted by Crippen LogP contribution is -2.53. The van der Waals surface area contributed by atoms with Crippen LogP contribution < -0.4 is 10.5 Å². The zero-order valence-electron chi connectivity index (χ0n) is 11.7. The van der Waals surface area contributed by atoms with Crippen molar-refractivity contribution in [2.75, 3.05) is 12.3 Å². The molecule has 1 fully saturated rings. The van der Waals surface area contributed by atoms with Crippen molar-refractivity contribution in [2.24, 2.45) is 5.92 Å². The first-order valence-electron chi connectivity index (χ1n) is 6.87. The Morgan fingerprint density at radius 2 is 2.05 bits per heavy atom. The molecule has 0 heterocycles. The minimum atomic E-state index is -3.64.